The SMILES string of the molecule is C=C(CCC=O)[C@@]1(C)C(=O)CC[C@@H]1c1ccccc1. The van der Waals surface area contributed by atoms with Crippen LogP contribution in [0.5, 0.6) is 0 Å². The second-order valence-electron chi connectivity index (χ2n) is 5.44. The van der Waals surface area contributed by atoms with Gasteiger partial charge in [-0.05, 0) is 25.3 Å². The smallest absolute Gasteiger partial charge is 0.143 e. The molecule has 1 aliphatic rings. The molecule has 19 heavy (non-hydrogen) atoms. The fraction of sp³-hybridized carbons (Fsp3) is 0.412. The van der Waals surface area contributed by atoms with E-state index in [1.165, 1.54) is 5.56 Å². The minimum atomic E-state index is -0.510. The van der Waals surface area contributed by atoms with Crippen molar-refractivity contribution in [1.29, 1.82) is 0 Å². The van der Waals surface area contributed by atoms with Crippen molar-refractivity contribution >= 4 is 12.1 Å². The van der Waals surface area contributed by atoms with Crippen molar-refractivity contribution in [2.45, 2.75) is 38.5 Å². The molecule has 0 heterocycles. The Kier molecular flexibility index (Phi) is 3.98. The summed E-state index contributed by atoms with van der Waals surface area (Å²) in [5, 5.41) is 0. The second-order valence-corrected chi connectivity index (χ2v) is 5.44. The number of carbonyl (C=O) groups is 2. The van der Waals surface area contributed by atoms with Crippen LogP contribution in [0.1, 0.15) is 44.1 Å². The number of allylic oxidation sites excluding steroid dienone is 1. The fourth-order valence-electron chi connectivity index (χ4n) is 3.14. The first-order valence-electron chi connectivity index (χ1n) is 6.81. The molecule has 0 unspecified atom stereocenters. The lowest BCUT2D eigenvalue weighted by atomic mass is 9.69. The largest absolute Gasteiger partial charge is 0.303 e. The highest BCUT2D eigenvalue weighted by molar-refractivity contribution is 5.91. The van der Waals surface area contributed by atoms with Crippen molar-refractivity contribution in [2.75, 3.05) is 0 Å². The average molecular weight is 256 g/mol. The molecule has 2 heteroatoms. The van der Waals surface area contributed by atoms with Crippen LogP contribution >= 0.6 is 0 Å². The fourth-order valence-corrected chi connectivity index (χ4v) is 3.14. The Hall–Kier alpha value is -1.70. The topological polar surface area (TPSA) is 34.1 Å². The van der Waals surface area contributed by atoms with Crippen LogP contribution in [0.15, 0.2) is 42.5 Å². The maximum Gasteiger partial charge on any atom is 0.143 e. The zero-order chi connectivity index (χ0) is 13.9. The molecule has 2 nitrogen and oxygen atoms in total. The zero-order valence-electron chi connectivity index (χ0n) is 11.4. The number of aldehydes is 1. The standard InChI is InChI=1S/C17H20O2/c1-13(7-6-12-18)17(2)15(10-11-16(17)19)14-8-4-3-5-9-14/h3-5,8-9,12,15H,1,6-7,10-11H2,2H3/t15-,17-/m1/s1. The molecule has 0 saturated heterocycles. The minimum absolute atomic E-state index is 0.195. The summed E-state index contributed by atoms with van der Waals surface area (Å²) in [5.41, 5.74) is 1.59. The summed E-state index contributed by atoms with van der Waals surface area (Å²) in [6.07, 6.45) is 3.43. The Morgan fingerprint density at radius 1 is 1.42 bits per heavy atom. The molecule has 2 atom stereocenters. The van der Waals surface area contributed by atoms with E-state index in [2.05, 4.69) is 18.7 Å². The van der Waals surface area contributed by atoms with E-state index in [0.29, 0.717) is 19.3 Å². The Balaban J connectivity index is 2.31. The summed E-state index contributed by atoms with van der Waals surface area (Å²) >= 11 is 0. The van der Waals surface area contributed by atoms with Gasteiger partial charge >= 0.3 is 0 Å². The van der Waals surface area contributed by atoms with Crippen LogP contribution in [-0.4, -0.2) is 12.1 Å². The molecule has 2 rings (SSSR count). The van der Waals surface area contributed by atoms with Gasteiger partial charge in [-0.3, -0.25) is 4.79 Å². The van der Waals surface area contributed by atoms with Crippen LogP contribution in [0, 0.1) is 5.41 Å². The van der Waals surface area contributed by atoms with Gasteiger partial charge in [-0.2, -0.15) is 0 Å². The zero-order valence-corrected chi connectivity index (χ0v) is 11.4. The van der Waals surface area contributed by atoms with Crippen LogP contribution < -0.4 is 0 Å². The third kappa shape index (κ3) is 2.40. The highest BCUT2D eigenvalue weighted by Gasteiger charge is 2.47. The molecule has 0 radical (unpaired) electrons. The van der Waals surface area contributed by atoms with Crippen molar-refractivity contribution < 1.29 is 9.59 Å². The molecule has 0 N–H and O–H groups in total. The number of hydrogen-bond acceptors (Lipinski definition) is 2. The van der Waals surface area contributed by atoms with E-state index < -0.39 is 5.41 Å². The number of rotatable bonds is 5. The molecule has 1 aliphatic carbocycles. The van der Waals surface area contributed by atoms with E-state index in [9.17, 15) is 9.59 Å². The highest BCUT2D eigenvalue weighted by Crippen LogP contribution is 2.51. The number of benzene rings is 1. The van der Waals surface area contributed by atoms with Crippen LogP contribution in [0.25, 0.3) is 0 Å². The quantitative estimate of drug-likeness (QED) is 0.595. The lowest BCUT2D eigenvalue weighted by molar-refractivity contribution is -0.124. The average Bonchev–Trinajstić information content (AvgIpc) is 2.74. The van der Waals surface area contributed by atoms with Gasteiger partial charge in [0.2, 0.25) is 0 Å². The number of Topliss-reactive ketones (excluding diaryl/α,β-unsaturated/α-hetero) is 1. The van der Waals surface area contributed by atoms with E-state index in [4.69, 9.17) is 0 Å². The molecular weight excluding hydrogens is 236 g/mol. The Morgan fingerprint density at radius 2 is 2.11 bits per heavy atom. The van der Waals surface area contributed by atoms with Crippen molar-refractivity contribution in [2.24, 2.45) is 5.41 Å². The highest BCUT2D eigenvalue weighted by atomic mass is 16.1. The summed E-state index contributed by atoms with van der Waals surface area (Å²) in [5.74, 6) is 0.456. The molecule has 0 bridgehead atoms. The summed E-state index contributed by atoms with van der Waals surface area (Å²) in [7, 11) is 0. The molecule has 0 amide bonds. The molecule has 0 aromatic heterocycles. The second kappa shape index (κ2) is 5.52. The van der Waals surface area contributed by atoms with Crippen LogP contribution in [0.3, 0.4) is 0 Å². The van der Waals surface area contributed by atoms with E-state index in [-0.39, 0.29) is 11.7 Å². The Bertz CT molecular complexity index is 489. The van der Waals surface area contributed by atoms with Crippen molar-refractivity contribution in [3.8, 4) is 0 Å². The summed E-state index contributed by atoms with van der Waals surface area (Å²) in [4.78, 5) is 22.9. The molecular formula is C17H20O2. The summed E-state index contributed by atoms with van der Waals surface area (Å²) < 4.78 is 0. The molecule has 0 spiro atoms. The molecule has 1 fully saturated rings. The van der Waals surface area contributed by atoms with Crippen LogP contribution in [-0.2, 0) is 9.59 Å². The summed E-state index contributed by atoms with van der Waals surface area (Å²) in [6.45, 7) is 6.09. The van der Waals surface area contributed by atoms with E-state index >= 15 is 0 Å². The van der Waals surface area contributed by atoms with Gasteiger partial charge in [0.1, 0.15) is 12.1 Å². The molecule has 1 saturated carbocycles. The number of carbonyl (C=O) groups excluding carboxylic acids is 2. The first kappa shape index (κ1) is 13.7. The molecule has 0 aliphatic heterocycles. The third-order valence-corrected chi connectivity index (χ3v) is 4.44. The maximum atomic E-state index is 12.3. The first-order chi connectivity index (χ1) is 9.10. The van der Waals surface area contributed by atoms with Crippen molar-refractivity contribution in [3.05, 3.63) is 48.0 Å². The van der Waals surface area contributed by atoms with Crippen LogP contribution in [0.2, 0.25) is 0 Å². The van der Waals surface area contributed by atoms with Gasteiger partial charge in [0.05, 0.1) is 5.41 Å². The van der Waals surface area contributed by atoms with Gasteiger partial charge in [-0.25, -0.2) is 0 Å². The Labute approximate surface area is 114 Å². The molecule has 1 aromatic carbocycles. The van der Waals surface area contributed by atoms with Gasteiger partial charge in [0.15, 0.2) is 0 Å². The van der Waals surface area contributed by atoms with Gasteiger partial charge in [0.25, 0.3) is 0 Å². The normalized spacial score (nSPS) is 26.4. The summed E-state index contributed by atoms with van der Waals surface area (Å²) in [6, 6.07) is 10.2. The van der Waals surface area contributed by atoms with Gasteiger partial charge in [-0.15, -0.1) is 0 Å². The van der Waals surface area contributed by atoms with Crippen molar-refractivity contribution in [1.82, 2.24) is 0 Å². The molecule has 100 valence electrons. The van der Waals surface area contributed by atoms with Crippen molar-refractivity contribution in [3.63, 3.8) is 0 Å². The predicted molar refractivity (Wildman–Crippen MR) is 76.0 cm³/mol. The lowest BCUT2D eigenvalue weighted by Gasteiger charge is -2.32. The Morgan fingerprint density at radius 3 is 2.74 bits per heavy atom. The van der Waals surface area contributed by atoms with E-state index in [1.54, 1.807) is 0 Å². The number of ketones is 1. The van der Waals surface area contributed by atoms with Gasteiger partial charge < -0.3 is 4.79 Å². The third-order valence-electron chi connectivity index (χ3n) is 4.44. The van der Waals surface area contributed by atoms with Gasteiger partial charge in [-0.1, -0.05) is 42.5 Å². The first-order valence-corrected chi connectivity index (χ1v) is 6.81. The lowest BCUT2D eigenvalue weighted by Crippen LogP contribution is -2.30. The monoisotopic (exact) mass is 256 g/mol. The maximum absolute atomic E-state index is 12.3. The number of hydrogen-bond donors (Lipinski definition) is 0. The van der Waals surface area contributed by atoms with E-state index in [1.807, 2.05) is 25.1 Å². The minimum Gasteiger partial charge on any atom is -0.303 e. The van der Waals surface area contributed by atoms with Crippen LogP contribution in [0.4, 0.5) is 0 Å². The van der Waals surface area contributed by atoms with Gasteiger partial charge in [0, 0.05) is 18.8 Å². The molecule has 1 aromatic rings. The predicted octanol–water partition coefficient (Wildman–Crippen LogP) is 3.67. The van der Waals surface area contributed by atoms with E-state index in [0.717, 1.165) is 18.3 Å².